The zero-order chi connectivity index (χ0) is 15.4. The molecule has 0 aliphatic heterocycles. The van der Waals surface area contributed by atoms with Gasteiger partial charge in [0.15, 0.2) is 0 Å². The molecular weight excluding hydrogens is 364 g/mol. The molecule has 3 aromatic rings. The van der Waals surface area contributed by atoms with Crippen LogP contribution in [-0.4, -0.2) is 16.2 Å². The number of hydrogen-bond acceptors (Lipinski definition) is 4. The highest BCUT2D eigenvalue weighted by molar-refractivity contribution is 9.10. The summed E-state index contributed by atoms with van der Waals surface area (Å²) in [6.07, 6.45) is 0. The molecule has 5 nitrogen and oxygen atoms in total. The van der Waals surface area contributed by atoms with Crippen molar-refractivity contribution in [3.63, 3.8) is 0 Å². The lowest BCUT2D eigenvalue weighted by Gasteiger charge is -2.04. The van der Waals surface area contributed by atoms with Crippen LogP contribution in [0.3, 0.4) is 0 Å². The van der Waals surface area contributed by atoms with E-state index in [1.165, 1.54) is 11.3 Å². The summed E-state index contributed by atoms with van der Waals surface area (Å²) < 4.78 is 0.954. The van der Waals surface area contributed by atoms with Gasteiger partial charge in [0.1, 0.15) is 5.01 Å². The van der Waals surface area contributed by atoms with Gasteiger partial charge in [0, 0.05) is 15.7 Å². The highest BCUT2D eigenvalue weighted by atomic mass is 79.9. The molecule has 2 amide bonds. The van der Waals surface area contributed by atoms with Gasteiger partial charge in [-0.05, 0) is 24.3 Å². The second-order valence-corrected chi connectivity index (χ2v) is 6.26. The predicted molar refractivity (Wildman–Crippen MR) is 92.1 cm³/mol. The summed E-state index contributed by atoms with van der Waals surface area (Å²) in [4.78, 5) is 11.9. The van der Waals surface area contributed by atoms with E-state index in [0.717, 1.165) is 15.0 Å². The van der Waals surface area contributed by atoms with Crippen LogP contribution < -0.4 is 10.6 Å². The second-order valence-electron chi connectivity index (χ2n) is 4.36. The molecule has 0 saturated heterocycles. The summed E-state index contributed by atoms with van der Waals surface area (Å²) in [5.74, 6) is 0. The number of halogens is 1. The number of rotatable bonds is 3. The van der Waals surface area contributed by atoms with Gasteiger partial charge in [-0.3, -0.25) is 5.32 Å². The summed E-state index contributed by atoms with van der Waals surface area (Å²) in [7, 11) is 0. The molecule has 0 aliphatic rings. The van der Waals surface area contributed by atoms with Gasteiger partial charge in [-0.1, -0.05) is 57.6 Å². The van der Waals surface area contributed by atoms with Gasteiger partial charge in [-0.2, -0.15) is 0 Å². The van der Waals surface area contributed by atoms with Crippen LogP contribution in [0.1, 0.15) is 0 Å². The van der Waals surface area contributed by atoms with Gasteiger partial charge >= 0.3 is 6.03 Å². The first kappa shape index (κ1) is 14.7. The van der Waals surface area contributed by atoms with Gasteiger partial charge in [-0.25, -0.2) is 4.79 Å². The van der Waals surface area contributed by atoms with Gasteiger partial charge in [0.05, 0.1) is 0 Å². The number of nitrogens with zero attached hydrogens (tertiary/aromatic N) is 2. The van der Waals surface area contributed by atoms with Gasteiger partial charge < -0.3 is 5.32 Å². The smallest absolute Gasteiger partial charge is 0.308 e. The highest BCUT2D eigenvalue weighted by Gasteiger charge is 2.09. The fraction of sp³-hybridized carbons (Fsp3) is 0. The third-order valence-corrected chi connectivity index (χ3v) is 4.18. The van der Waals surface area contributed by atoms with E-state index in [4.69, 9.17) is 0 Å². The standard InChI is InChI=1S/C15H11BrN4OS/c16-11-6-8-12(9-7-11)17-14(21)18-15-20-19-13(22-15)10-4-2-1-3-5-10/h1-9H,(H2,17,18,20,21). The van der Waals surface area contributed by atoms with Crippen LogP contribution in [0, 0.1) is 0 Å². The maximum Gasteiger partial charge on any atom is 0.325 e. The highest BCUT2D eigenvalue weighted by Crippen LogP contribution is 2.26. The minimum Gasteiger partial charge on any atom is -0.308 e. The molecule has 7 heteroatoms. The number of urea groups is 1. The number of amides is 2. The summed E-state index contributed by atoms with van der Waals surface area (Å²) in [5, 5.41) is 14.7. The number of benzene rings is 2. The Morgan fingerprint density at radius 1 is 0.955 bits per heavy atom. The SMILES string of the molecule is O=C(Nc1ccc(Br)cc1)Nc1nnc(-c2ccccc2)s1. The zero-order valence-corrected chi connectivity index (χ0v) is 13.7. The topological polar surface area (TPSA) is 66.9 Å². The van der Waals surface area contributed by atoms with Crippen molar-refractivity contribution in [3.05, 3.63) is 59.1 Å². The van der Waals surface area contributed by atoms with Crippen LogP contribution >= 0.6 is 27.3 Å². The molecule has 0 atom stereocenters. The average Bonchev–Trinajstić information content (AvgIpc) is 2.99. The predicted octanol–water partition coefficient (Wildman–Crippen LogP) is 4.61. The van der Waals surface area contributed by atoms with Crippen LogP contribution in [0.25, 0.3) is 10.6 Å². The van der Waals surface area contributed by atoms with Crippen LogP contribution in [0.4, 0.5) is 15.6 Å². The first-order chi connectivity index (χ1) is 10.7. The lowest BCUT2D eigenvalue weighted by atomic mass is 10.2. The van der Waals surface area contributed by atoms with E-state index in [1.54, 1.807) is 12.1 Å². The largest absolute Gasteiger partial charge is 0.325 e. The van der Waals surface area contributed by atoms with Crippen molar-refractivity contribution in [2.75, 3.05) is 10.6 Å². The van der Waals surface area contributed by atoms with Gasteiger partial charge in [0.25, 0.3) is 0 Å². The Morgan fingerprint density at radius 2 is 1.68 bits per heavy atom. The number of carbonyl (C=O) groups excluding carboxylic acids is 1. The monoisotopic (exact) mass is 374 g/mol. The van der Waals surface area contributed by atoms with E-state index < -0.39 is 0 Å². The van der Waals surface area contributed by atoms with E-state index in [-0.39, 0.29) is 6.03 Å². The molecular formula is C15H11BrN4OS. The van der Waals surface area contributed by atoms with Crippen molar-refractivity contribution >= 4 is 44.1 Å². The maximum absolute atomic E-state index is 11.9. The number of carbonyl (C=O) groups is 1. The minimum absolute atomic E-state index is 0.349. The molecule has 0 aliphatic carbocycles. The number of anilines is 2. The lowest BCUT2D eigenvalue weighted by Crippen LogP contribution is -2.19. The normalized spacial score (nSPS) is 10.2. The quantitative estimate of drug-likeness (QED) is 0.703. The first-order valence-corrected chi connectivity index (χ1v) is 8.04. The van der Waals surface area contributed by atoms with Crippen molar-refractivity contribution in [1.82, 2.24) is 10.2 Å². The summed E-state index contributed by atoms with van der Waals surface area (Å²) in [6, 6.07) is 16.7. The van der Waals surface area contributed by atoms with E-state index in [1.807, 2.05) is 42.5 Å². The number of aromatic nitrogens is 2. The summed E-state index contributed by atoms with van der Waals surface area (Å²) >= 11 is 4.67. The van der Waals surface area contributed by atoms with Crippen LogP contribution in [0.5, 0.6) is 0 Å². The van der Waals surface area contributed by atoms with E-state index in [2.05, 4.69) is 36.8 Å². The molecule has 0 bridgehead atoms. The molecule has 0 saturated carbocycles. The Bertz CT molecular complexity index is 774. The molecule has 1 aromatic heterocycles. The molecule has 0 fully saturated rings. The summed E-state index contributed by atoms with van der Waals surface area (Å²) in [5.41, 5.74) is 1.68. The molecule has 110 valence electrons. The molecule has 2 N–H and O–H groups in total. The third-order valence-electron chi connectivity index (χ3n) is 2.77. The molecule has 2 aromatic carbocycles. The van der Waals surface area contributed by atoms with Crippen molar-refractivity contribution in [2.24, 2.45) is 0 Å². The minimum atomic E-state index is -0.349. The van der Waals surface area contributed by atoms with E-state index in [9.17, 15) is 4.79 Å². The third kappa shape index (κ3) is 3.69. The lowest BCUT2D eigenvalue weighted by molar-refractivity contribution is 0.262. The Labute approximate surface area is 139 Å². The van der Waals surface area contributed by atoms with E-state index >= 15 is 0 Å². The Hall–Kier alpha value is -2.25. The van der Waals surface area contributed by atoms with Crippen LogP contribution in [0.2, 0.25) is 0 Å². The molecule has 0 spiro atoms. The van der Waals surface area contributed by atoms with Crippen LogP contribution in [-0.2, 0) is 0 Å². The fourth-order valence-electron chi connectivity index (χ4n) is 1.76. The zero-order valence-electron chi connectivity index (χ0n) is 11.3. The maximum atomic E-state index is 11.9. The molecule has 22 heavy (non-hydrogen) atoms. The van der Waals surface area contributed by atoms with Crippen molar-refractivity contribution in [2.45, 2.75) is 0 Å². The first-order valence-electron chi connectivity index (χ1n) is 6.43. The van der Waals surface area contributed by atoms with Crippen molar-refractivity contribution in [3.8, 4) is 10.6 Å². The molecule has 0 unspecified atom stereocenters. The number of hydrogen-bond donors (Lipinski definition) is 2. The fourth-order valence-corrected chi connectivity index (χ4v) is 2.77. The summed E-state index contributed by atoms with van der Waals surface area (Å²) in [6.45, 7) is 0. The Morgan fingerprint density at radius 3 is 2.41 bits per heavy atom. The van der Waals surface area contributed by atoms with Gasteiger partial charge in [0.2, 0.25) is 5.13 Å². The van der Waals surface area contributed by atoms with E-state index in [0.29, 0.717) is 10.8 Å². The Kier molecular flexibility index (Phi) is 4.45. The second kappa shape index (κ2) is 6.67. The molecule has 0 radical (unpaired) electrons. The molecule has 1 heterocycles. The van der Waals surface area contributed by atoms with Crippen molar-refractivity contribution < 1.29 is 4.79 Å². The van der Waals surface area contributed by atoms with Crippen LogP contribution in [0.15, 0.2) is 59.1 Å². The molecule has 3 rings (SSSR count). The average molecular weight is 375 g/mol. The van der Waals surface area contributed by atoms with Crippen molar-refractivity contribution in [1.29, 1.82) is 0 Å². The van der Waals surface area contributed by atoms with Gasteiger partial charge in [-0.15, -0.1) is 10.2 Å². The number of nitrogens with one attached hydrogen (secondary N) is 2. The Balaban J connectivity index is 1.65.